The molecule has 6 aromatic carbocycles. The lowest BCUT2D eigenvalue weighted by atomic mass is 9.86. The standard InChI is InChI=1S/C32H20O/c1-2-10-21(11-3-1)31-24-13-4-6-15-26(24)32(27-16-7-5-14-25(27)31)22-18-19-30-28(20-22)23-12-8-9-17-29(23)33-30/h1-20H/i4D,5D,6D,7D,8D,9D,12D,13D,14D,15D,16D,17D,18D,19D,20D. The second kappa shape index (κ2) is 7.08. The van der Waals surface area contributed by atoms with Crippen molar-refractivity contribution in [3.63, 3.8) is 0 Å². The average Bonchev–Trinajstić information content (AvgIpc) is 3.49. The van der Waals surface area contributed by atoms with Gasteiger partial charge in [-0.25, -0.2) is 0 Å². The van der Waals surface area contributed by atoms with Gasteiger partial charge in [0.2, 0.25) is 0 Å². The van der Waals surface area contributed by atoms with Crippen molar-refractivity contribution < 1.29 is 25.0 Å². The average molecular weight is 436 g/mol. The molecule has 0 aliphatic carbocycles. The predicted molar refractivity (Wildman–Crippen MR) is 140 cm³/mol. The molecule has 0 saturated heterocycles. The van der Waals surface area contributed by atoms with Crippen LogP contribution in [0.15, 0.2) is 125 Å². The Balaban J connectivity index is 1.88. The highest BCUT2D eigenvalue weighted by Gasteiger charge is 2.17. The van der Waals surface area contributed by atoms with E-state index in [1.807, 2.05) is 0 Å². The zero-order valence-corrected chi connectivity index (χ0v) is 16.8. The first kappa shape index (κ1) is 8.88. The number of fused-ring (bicyclic) bond motifs is 5. The Hall–Kier alpha value is -4.36. The fourth-order valence-corrected chi connectivity index (χ4v) is 4.20. The molecule has 0 bridgehead atoms. The minimum Gasteiger partial charge on any atom is -0.456 e. The van der Waals surface area contributed by atoms with Crippen LogP contribution in [0.2, 0.25) is 0 Å². The number of benzene rings is 6. The highest BCUT2D eigenvalue weighted by molar-refractivity contribution is 6.22. The largest absolute Gasteiger partial charge is 0.456 e. The monoisotopic (exact) mass is 435 g/mol. The van der Waals surface area contributed by atoms with E-state index in [1.165, 1.54) is 0 Å². The molecule has 0 saturated carbocycles. The van der Waals surface area contributed by atoms with Crippen molar-refractivity contribution in [2.45, 2.75) is 0 Å². The third-order valence-corrected chi connectivity index (χ3v) is 5.57. The Kier molecular flexibility index (Phi) is 1.90. The fraction of sp³-hybridized carbons (Fsp3) is 0. The van der Waals surface area contributed by atoms with Gasteiger partial charge in [0, 0.05) is 10.8 Å². The zero-order valence-electron chi connectivity index (χ0n) is 31.8. The van der Waals surface area contributed by atoms with Crippen LogP contribution >= 0.6 is 0 Å². The molecule has 0 fully saturated rings. The Morgan fingerprint density at radius 1 is 0.455 bits per heavy atom. The normalized spacial score (nSPS) is 18.0. The van der Waals surface area contributed by atoms with Crippen LogP contribution < -0.4 is 0 Å². The van der Waals surface area contributed by atoms with Crippen LogP contribution in [0.5, 0.6) is 0 Å². The summed E-state index contributed by atoms with van der Waals surface area (Å²) >= 11 is 0. The lowest BCUT2D eigenvalue weighted by Crippen LogP contribution is -1.90. The summed E-state index contributed by atoms with van der Waals surface area (Å²) in [5.74, 6) is 0. The SMILES string of the molecule is [2H]c1c([2H])c([2H])c2c(oc3c([2H])c([2H])c(-c4c5c([2H])c([2H])c([2H])c([2H])c5c(-c5ccccc5)c5c([2H])c([2H])c([2H])c([2H])c45)c([2H])c32)c1[2H]. The van der Waals surface area contributed by atoms with E-state index in [0.717, 1.165) is 0 Å². The number of hydrogen-bond acceptors (Lipinski definition) is 1. The van der Waals surface area contributed by atoms with Gasteiger partial charge < -0.3 is 4.42 Å². The molecule has 1 heteroatoms. The molecule has 0 atom stereocenters. The summed E-state index contributed by atoms with van der Waals surface area (Å²) in [6, 6.07) is -0.924. The lowest BCUT2D eigenvalue weighted by molar-refractivity contribution is 0.669. The Morgan fingerprint density at radius 3 is 1.61 bits per heavy atom. The van der Waals surface area contributed by atoms with Crippen molar-refractivity contribution in [2.75, 3.05) is 0 Å². The Labute approximate surface area is 212 Å². The second-order valence-corrected chi connectivity index (χ2v) is 7.38. The van der Waals surface area contributed by atoms with Crippen molar-refractivity contribution >= 4 is 43.5 Å². The molecule has 0 aliphatic heterocycles. The van der Waals surface area contributed by atoms with Crippen molar-refractivity contribution in [2.24, 2.45) is 0 Å². The Morgan fingerprint density at radius 2 is 0.970 bits per heavy atom. The molecule has 0 aliphatic rings. The molecule has 33 heavy (non-hydrogen) atoms. The van der Waals surface area contributed by atoms with Gasteiger partial charge >= 0.3 is 0 Å². The zero-order chi connectivity index (χ0) is 34.8. The van der Waals surface area contributed by atoms with E-state index in [4.69, 9.17) is 23.6 Å². The van der Waals surface area contributed by atoms with E-state index in [1.54, 1.807) is 30.3 Å². The van der Waals surface area contributed by atoms with E-state index in [0.29, 0.717) is 5.56 Å². The van der Waals surface area contributed by atoms with Gasteiger partial charge in [0.25, 0.3) is 0 Å². The summed E-state index contributed by atoms with van der Waals surface area (Å²) in [6.45, 7) is 0. The summed E-state index contributed by atoms with van der Waals surface area (Å²) < 4.78 is 137. The molecule has 0 unspecified atom stereocenters. The van der Waals surface area contributed by atoms with Crippen LogP contribution in [0.4, 0.5) is 0 Å². The van der Waals surface area contributed by atoms with E-state index < -0.39 is 96.2 Å². The summed E-state index contributed by atoms with van der Waals surface area (Å²) in [4.78, 5) is 0. The molecule has 0 N–H and O–H groups in total. The summed E-state index contributed by atoms with van der Waals surface area (Å²) in [6.07, 6.45) is 0. The van der Waals surface area contributed by atoms with Crippen LogP contribution in [0.25, 0.3) is 65.7 Å². The van der Waals surface area contributed by atoms with Gasteiger partial charge in [0.15, 0.2) is 0 Å². The van der Waals surface area contributed by atoms with Gasteiger partial charge in [-0.3, -0.25) is 0 Å². The van der Waals surface area contributed by atoms with Gasteiger partial charge in [-0.2, -0.15) is 0 Å². The van der Waals surface area contributed by atoms with Crippen LogP contribution in [-0.4, -0.2) is 0 Å². The molecule has 0 radical (unpaired) electrons. The number of para-hydroxylation sites is 1. The second-order valence-electron chi connectivity index (χ2n) is 7.38. The van der Waals surface area contributed by atoms with Gasteiger partial charge in [-0.05, 0) is 61.9 Å². The predicted octanol–water partition coefficient (Wildman–Crippen LogP) is 9.23. The Bertz CT molecular complexity index is 2530. The van der Waals surface area contributed by atoms with Gasteiger partial charge in [-0.15, -0.1) is 0 Å². The molecule has 1 heterocycles. The summed E-state index contributed by atoms with van der Waals surface area (Å²) in [7, 11) is 0. The molecule has 1 nitrogen and oxygen atoms in total. The van der Waals surface area contributed by atoms with E-state index in [2.05, 4.69) is 0 Å². The van der Waals surface area contributed by atoms with Crippen LogP contribution in [0.1, 0.15) is 20.6 Å². The van der Waals surface area contributed by atoms with Crippen LogP contribution in [0.3, 0.4) is 0 Å². The first-order valence-corrected chi connectivity index (χ1v) is 10.1. The van der Waals surface area contributed by atoms with E-state index in [-0.39, 0.29) is 54.6 Å². The van der Waals surface area contributed by atoms with Crippen LogP contribution in [-0.2, 0) is 0 Å². The highest BCUT2D eigenvalue weighted by atomic mass is 16.3. The minimum absolute atomic E-state index is 0.0801. The van der Waals surface area contributed by atoms with Crippen molar-refractivity contribution in [1.29, 1.82) is 0 Å². The molecule has 7 aromatic rings. The smallest absolute Gasteiger partial charge is 0.135 e. The molecule has 0 amide bonds. The summed E-state index contributed by atoms with van der Waals surface area (Å²) in [5, 5.41) is -1.29. The topological polar surface area (TPSA) is 13.1 Å². The molecule has 154 valence electrons. The highest BCUT2D eigenvalue weighted by Crippen LogP contribution is 2.44. The van der Waals surface area contributed by atoms with Crippen LogP contribution in [0, 0.1) is 0 Å². The maximum Gasteiger partial charge on any atom is 0.135 e. The van der Waals surface area contributed by atoms with Gasteiger partial charge in [0.1, 0.15) is 11.2 Å². The first-order valence-electron chi connectivity index (χ1n) is 17.6. The molecule has 1 aromatic heterocycles. The number of rotatable bonds is 2. The molecular formula is C32H20O. The van der Waals surface area contributed by atoms with Gasteiger partial charge in [-0.1, -0.05) is 103 Å². The van der Waals surface area contributed by atoms with E-state index >= 15 is 0 Å². The van der Waals surface area contributed by atoms with Crippen molar-refractivity contribution in [3.8, 4) is 22.3 Å². The third kappa shape index (κ3) is 2.73. The summed E-state index contributed by atoms with van der Waals surface area (Å²) in [5.41, 5.74) is -1.04. The third-order valence-electron chi connectivity index (χ3n) is 5.57. The first-order chi connectivity index (χ1) is 22.6. The number of hydrogen-bond donors (Lipinski definition) is 0. The minimum atomic E-state index is -0.684. The molecule has 0 spiro atoms. The quantitative estimate of drug-likeness (QED) is 0.247. The van der Waals surface area contributed by atoms with E-state index in [9.17, 15) is 1.37 Å². The fourth-order valence-electron chi connectivity index (χ4n) is 4.20. The molecule has 7 rings (SSSR count). The van der Waals surface area contributed by atoms with Crippen molar-refractivity contribution in [1.82, 2.24) is 0 Å². The maximum atomic E-state index is 9.41. The number of furan rings is 1. The van der Waals surface area contributed by atoms with Gasteiger partial charge in [0.05, 0.1) is 20.6 Å². The maximum absolute atomic E-state index is 9.41. The van der Waals surface area contributed by atoms with Crippen molar-refractivity contribution in [3.05, 3.63) is 121 Å². The molecular weight excluding hydrogens is 400 g/mol. The lowest BCUT2D eigenvalue weighted by Gasteiger charge is -2.17.